The molecule has 4 aromatic rings. The Morgan fingerprint density at radius 1 is 0.973 bits per heavy atom. The molecule has 0 atom stereocenters. The molecule has 0 unspecified atom stereocenters. The molecule has 0 aliphatic heterocycles. The lowest BCUT2D eigenvalue weighted by Gasteiger charge is -2.15. The van der Waals surface area contributed by atoms with E-state index in [1.165, 1.54) is 6.08 Å². The van der Waals surface area contributed by atoms with E-state index < -0.39 is 5.91 Å². The number of benzene rings is 4. The summed E-state index contributed by atoms with van der Waals surface area (Å²) in [6.45, 7) is 2.49. The zero-order valence-electron chi connectivity index (χ0n) is 19.7. The van der Waals surface area contributed by atoms with E-state index in [9.17, 15) is 10.1 Å². The number of fused-ring (bicyclic) bond motifs is 1. The van der Waals surface area contributed by atoms with Gasteiger partial charge in [0, 0.05) is 0 Å². The van der Waals surface area contributed by atoms with Crippen molar-refractivity contribution in [1.29, 1.82) is 5.26 Å². The fourth-order valence-corrected chi connectivity index (χ4v) is 4.37. The standard InChI is InChI=1S/C29H21Cl3N2O3/c1-2-36-26-15-18(13-21(16-33)29(35)34-25-12-6-11-23(30)27(25)32)14-24(31)28(26)37-17-20-9-5-8-19-7-3-4-10-22(19)20/h3-15H,2,17H2,1H3,(H,34,35)/b21-13-. The van der Waals surface area contributed by atoms with Crippen LogP contribution < -0.4 is 14.8 Å². The van der Waals surface area contributed by atoms with E-state index >= 15 is 0 Å². The molecule has 0 saturated heterocycles. The third kappa shape index (κ3) is 6.18. The summed E-state index contributed by atoms with van der Waals surface area (Å²) in [6, 6.07) is 24.1. The first-order valence-electron chi connectivity index (χ1n) is 11.3. The molecule has 0 aliphatic rings. The molecule has 0 bridgehead atoms. The Morgan fingerprint density at radius 3 is 2.51 bits per heavy atom. The minimum absolute atomic E-state index is 0.154. The third-order valence-electron chi connectivity index (χ3n) is 5.46. The number of amides is 1. The van der Waals surface area contributed by atoms with E-state index in [1.54, 1.807) is 30.3 Å². The average molecular weight is 552 g/mol. The van der Waals surface area contributed by atoms with Gasteiger partial charge in [-0.05, 0) is 59.2 Å². The Morgan fingerprint density at radius 2 is 1.73 bits per heavy atom. The topological polar surface area (TPSA) is 71.3 Å². The van der Waals surface area contributed by atoms with E-state index in [0.717, 1.165) is 16.3 Å². The Kier molecular flexibility index (Phi) is 8.58. The van der Waals surface area contributed by atoms with E-state index in [0.29, 0.717) is 29.4 Å². The van der Waals surface area contributed by atoms with Crippen LogP contribution in [0.2, 0.25) is 15.1 Å². The van der Waals surface area contributed by atoms with Crippen LogP contribution in [0.15, 0.2) is 78.4 Å². The highest BCUT2D eigenvalue weighted by Gasteiger charge is 2.16. The minimum atomic E-state index is -0.642. The van der Waals surface area contributed by atoms with Gasteiger partial charge < -0.3 is 14.8 Å². The molecule has 8 heteroatoms. The van der Waals surface area contributed by atoms with Crippen molar-refractivity contribution in [3.63, 3.8) is 0 Å². The number of anilines is 1. The molecule has 1 amide bonds. The molecule has 1 N–H and O–H groups in total. The van der Waals surface area contributed by atoms with Gasteiger partial charge in [0.2, 0.25) is 0 Å². The van der Waals surface area contributed by atoms with Crippen LogP contribution in [0.3, 0.4) is 0 Å². The number of nitriles is 1. The van der Waals surface area contributed by atoms with Crippen LogP contribution in [0.25, 0.3) is 16.8 Å². The Labute approximate surface area is 229 Å². The Hall–Kier alpha value is -3.69. The first-order valence-corrected chi connectivity index (χ1v) is 12.5. The molecular formula is C29H21Cl3N2O3. The lowest BCUT2D eigenvalue weighted by atomic mass is 10.1. The highest BCUT2D eigenvalue weighted by Crippen LogP contribution is 2.38. The monoisotopic (exact) mass is 550 g/mol. The second-order valence-corrected chi connectivity index (χ2v) is 9.11. The number of hydrogen-bond donors (Lipinski definition) is 1. The van der Waals surface area contributed by atoms with E-state index in [1.807, 2.05) is 55.5 Å². The SMILES string of the molecule is CCOc1cc(/C=C(/C#N)C(=O)Nc2cccc(Cl)c2Cl)cc(Cl)c1OCc1cccc2ccccc12. The van der Waals surface area contributed by atoms with Gasteiger partial charge in [0.15, 0.2) is 11.5 Å². The Bertz CT molecular complexity index is 1540. The average Bonchev–Trinajstić information content (AvgIpc) is 2.89. The second kappa shape index (κ2) is 12.0. The fraction of sp³-hybridized carbons (Fsp3) is 0.103. The number of ether oxygens (including phenoxy) is 2. The van der Waals surface area contributed by atoms with E-state index in [4.69, 9.17) is 44.3 Å². The van der Waals surface area contributed by atoms with Crippen LogP contribution in [0.4, 0.5) is 5.69 Å². The highest BCUT2D eigenvalue weighted by molar-refractivity contribution is 6.44. The lowest BCUT2D eigenvalue weighted by molar-refractivity contribution is -0.112. The molecule has 0 aromatic heterocycles. The molecule has 4 aromatic carbocycles. The maximum absolute atomic E-state index is 12.7. The van der Waals surface area contributed by atoms with Gasteiger partial charge in [0.05, 0.1) is 27.4 Å². The zero-order chi connectivity index (χ0) is 26.4. The van der Waals surface area contributed by atoms with Gasteiger partial charge in [0.1, 0.15) is 18.2 Å². The summed E-state index contributed by atoms with van der Waals surface area (Å²) >= 11 is 18.7. The molecule has 0 aliphatic carbocycles. The van der Waals surface area contributed by atoms with Crippen LogP contribution in [-0.4, -0.2) is 12.5 Å². The van der Waals surface area contributed by atoms with Crippen molar-refractivity contribution in [3.05, 3.63) is 105 Å². The maximum Gasteiger partial charge on any atom is 0.266 e. The van der Waals surface area contributed by atoms with E-state index in [2.05, 4.69) is 5.32 Å². The summed E-state index contributed by atoms with van der Waals surface area (Å²) in [5, 5.41) is 15.2. The van der Waals surface area contributed by atoms with Crippen LogP contribution in [0, 0.1) is 11.3 Å². The number of halogens is 3. The van der Waals surface area contributed by atoms with Gasteiger partial charge in [-0.25, -0.2) is 0 Å². The quantitative estimate of drug-likeness (QED) is 0.176. The summed E-state index contributed by atoms with van der Waals surface area (Å²) in [4.78, 5) is 12.7. The van der Waals surface area contributed by atoms with Gasteiger partial charge in [-0.1, -0.05) is 83.3 Å². The van der Waals surface area contributed by atoms with Gasteiger partial charge in [-0.15, -0.1) is 0 Å². The summed E-state index contributed by atoms with van der Waals surface area (Å²) in [5.41, 5.74) is 1.64. The Balaban J connectivity index is 1.60. The molecule has 0 radical (unpaired) electrons. The predicted molar refractivity (Wildman–Crippen MR) is 150 cm³/mol. The molecule has 0 saturated carbocycles. The van der Waals surface area contributed by atoms with Gasteiger partial charge in [-0.3, -0.25) is 4.79 Å². The minimum Gasteiger partial charge on any atom is -0.490 e. The lowest BCUT2D eigenvalue weighted by Crippen LogP contribution is -2.13. The second-order valence-electron chi connectivity index (χ2n) is 7.92. The van der Waals surface area contributed by atoms with Crippen molar-refractivity contribution in [1.82, 2.24) is 0 Å². The number of nitrogens with zero attached hydrogens (tertiary/aromatic N) is 1. The number of hydrogen-bond acceptors (Lipinski definition) is 4. The van der Waals surface area contributed by atoms with Crippen molar-refractivity contribution in [2.45, 2.75) is 13.5 Å². The molecule has 0 spiro atoms. The van der Waals surface area contributed by atoms with Crippen LogP contribution in [0.1, 0.15) is 18.1 Å². The van der Waals surface area contributed by atoms with Crippen LogP contribution in [-0.2, 0) is 11.4 Å². The maximum atomic E-state index is 12.7. The predicted octanol–water partition coefficient (Wildman–Crippen LogP) is 8.32. The number of carbonyl (C=O) groups is 1. The molecular weight excluding hydrogens is 531 g/mol. The zero-order valence-corrected chi connectivity index (χ0v) is 22.0. The molecule has 4 rings (SSSR count). The normalized spacial score (nSPS) is 11.2. The summed E-state index contributed by atoms with van der Waals surface area (Å²) < 4.78 is 11.9. The molecule has 5 nitrogen and oxygen atoms in total. The molecule has 186 valence electrons. The van der Waals surface area contributed by atoms with E-state index in [-0.39, 0.29) is 27.2 Å². The van der Waals surface area contributed by atoms with Gasteiger partial charge in [0.25, 0.3) is 5.91 Å². The van der Waals surface area contributed by atoms with Crippen LogP contribution in [0.5, 0.6) is 11.5 Å². The molecule has 37 heavy (non-hydrogen) atoms. The van der Waals surface area contributed by atoms with Gasteiger partial charge in [-0.2, -0.15) is 5.26 Å². The van der Waals surface area contributed by atoms with Crippen molar-refractivity contribution in [2.75, 3.05) is 11.9 Å². The first kappa shape index (κ1) is 26.4. The van der Waals surface area contributed by atoms with Gasteiger partial charge >= 0.3 is 0 Å². The van der Waals surface area contributed by atoms with Crippen LogP contribution >= 0.6 is 34.8 Å². The van der Waals surface area contributed by atoms with Crippen molar-refractivity contribution in [2.24, 2.45) is 0 Å². The summed E-state index contributed by atoms with van der Waals surface area (Å²) in [6.07, 6.45) is 1.41. The number of rotatable bonds is 8. The largest absolute Gasteiger partial charge is 0.490 e. The number of carbonyl (C=O) groups excluding carboxylic acids is 1. The summed E-state index contributed by atoms with van der Waals surface area (Å²) in [5.74, 6) is 0.136. The van der Waals surface area contributed by atoms with Crippen molar-refractivity contribution >= 4 is 63.2 Å². The summed E-state index contributed by atoms with van der Waals surface area (Å²) in [7, 11) is 0. The first-order chi connectivity index (χ1) is 17.9. The third-order valence-corrected chi connectivity index (χ3v) is 6.56. The highest BCUT2D eigenvalue weighted by atomic mass is 35.5. The smallest absolute Gasteiger partial charge is 0.266 e. The fourth-order valence-electron chi connectivity index (χ4n) is 3.75. The molecule has 0 heterocycles. The molecule has 0 fully saturated rings. The number of nitrogens with one attached hydrogen (secondary N) is 1. The van der Waals surface area contributed by atoms with Crippen molar-refractivity contribution in [3.8, 4) is 17.6 Å². The van der Waals surface area contributed by atoms with Crippen molar-refractivity contribution < 1.29 is 14.3 Å².